The number of aliphatic hydroxyl groups excluding tert-OH is 1. The summed E-state index contributed by atoms with van der Waals surface area (Å²) in [5.41, 5.74) is 6.39. The third-order valence-corrected chi connectivity index (χ3v) is 5.05. The van der Waals surface area contributed by atoms with Crippen LogP contribution in [-0.2, 0) is 4.84 Å². The maximum absolute atomic E-state index is 10.6. The van der Waals surface area contributed by atoms with E-state index in [0.29, 0.717) is 6.61 Å². The summed E-state index contributed by atoms with van der Waals surface area (Å²) in [7, 11) is 4.00. The van der Waals surface area contributed by atoms with Gasteiger partial charge in [0, 0.05) is 32.7 Å². The van der Waals surface area contributed by atoms with Gasteiger partial charge in [0.05, 0.1) is 23.3 Å². The van der Waals surface area contributed by atoms with Crippen LogP contribution in [0.1, 0.15) is 5.69 Å². The maximum atomic E-state index is 10.6. The molecule has 3 aromatic rings. The van der Waals surface area contributed by atoms with Gasteiger partial charge in [0.1, 0.15) is 0 Å². The topological polar surface area (TPSA) is 72.9 Å². The number of hydrogen-bond donors (Lipinski definition) is 3. The molecule has 1 aromatic heterocycles. The molecule has 2 aromatic carbocycles. The van der Waals surface area contributed by atoms with Crippen molar-refractivity contribution < 1.29 is 9.94 Å². The number of nitrogens with one attached hydrogen (secondary N) is 2. The van der Waals surface area contributed by atoms with E-state index in [1.165, 1.54) is 0 Å². The molecule has 6 nitrogen and oxygen atoms in total. The average Bonchev–Trinajstić information content (AvgIpc) is 3.14. The zero-order valence-electron chi connectivity index (χ0n) is 15.2. The van der Waals surface area contributed by atoms with Crippen LogP contribution < -0.4 is 16.1 Å². The van der Waals surface area contributed by atoms with Gasteiger partial charge in [-0.3, -0.25) is 10.3 Å². The van der Waals surface area contributed by atoms with Gasteiger partial charge in [-0.15, -0.1) is 0 Å². The Balaban J connectivity index is 1.83. The molecule has 4 rings (SSSR count). The van der Waals surface area contributed by atoms with Gasteiger partial charge in [-0.25, -0.2) is 4.99 Å². The van der Waals surface area contributed by atoms with Crippen LogP contribution in [0.3, 0.4) is 0 Å². The standard InChI is InChI=1S/C20H21BrN4O2/c1-25(2)9-10-27-24-18-13-5-3-4-6-15(13)22-19(18)17-14-11-12(21)7-8-16(14)23-20(17)26/h3-8,11,20,22,24,26H,9-10H2,1-2H3. The lowest BCUT2D eigenvalue weighted by atomic mass is 10.1. The molecule has 1 aliphatic rings. The summed E-state index contributed by atoms with van der Waals surface area (Å²) in [5, 5.41) is 13.3. The van der Waals surface area contributed by atoms with Crippen molar-refractivity contribution in [1.82, 2.24) is 9.88 Å². The number of benzene rings is 2. The van der Waals surface area contributed by atoms with E-state index in [0.717, 1.165) is 49.5 Å². The predicted molar refractivity (Wildman–Crippen MR) is 110 cm³/mol. The monoisotopic (exact) mass is 428 g/mol. The number of halogens is 1. The highest BCUT2D eigenvalue weighted by Crippen LogP contribution is 2.33. The minimum Gasteiger partial charge on any atom is -0.368 e. The van der Waals surface area contributed by atoms with Crippen LogP contribution in [0, 0.1) is 0 Å². The molecule has 1 aliphatic heterocycles. The highest BCUT2D eigenvalue weighted by molar-refractivity contribution is 9.10. The molecule has 0 bridgehead atoms. The summed E-state index contributed by atoms with van der Waals surface area (Å²) in [4.78, 5) is 15.6. The molecule has 140 valence electrons. The van der Waals surface area contributed by atoms with E-state index in [-0.39, 0.29) is 0 Å². The second-order valence-electron chi connectivity index (χ2n) is 6.75. The number of aliphatic hydroxyl groups is 1. The molecular formula is C20H21BrN4O2. The number of rotatable bonds is 6. The Hall–Kier alpha value is -2.19. The molecule has 1 unspecified atom stereocenters. The summed E-state index contributed by atoms with van der Waals surface area (Å²) >= 11 is 3.51. The van der Waals surface area contributed by atoms with Crippen LogP contribution >= 0.6 is 15.9 Å². The van der Waals surface area contributed by atoms with Crippen LogP contribution in [0.5, 0.6) is 0 Å². The molecule has 27 heavy (non-hydrogen) atoms. The minimum atomic E-state index is -0.926. The number of para-hydroxylation sites is 1. The Morgan fingerprint density at radius 2 is 2.07 bits per heavy atom. The molecule has 0 aliphatic carbocycles. The third-order valence-electron chi connectivity index (χ3n) is 4.56. The first kappa shape index (κ1) is 18.2. The van der Waals surface area contributed by atoms with Crippen molar-refractivity contribution in [3.8, 4) is 0 Å². The van der Waals surface area contributed by atoms with Crippen molar-refractivity contribution >= 4 is 38.1 Å². The Morgan fingerprint density at radius 3 is 2.89 bits per heavy atom. The summed E-state index contributed by atoms with van der Waals surface area (Å²) < 4.78 is 0.941. The summed E-state index contributed by atoms with van der Waals surface area (Å²) in [6.45, 7) is 1.34. The number of hydrogen-bond acceptors (Lipinski definition) is 5. The van der Waals surface area contributed by atoms with Gasteiger partial charge >= 0.3 is 0 Å². The molecule has 7 heteroatoms. The number of anilines is 1. The van der Waals surface area contributed by atoms with Gasteiger partial charge in [0.25, 0.3) is 0 Å². The van der Waals surface area contributed by atoms with Crippen molar-refractivity contribution in [3.05, 3.63) is 63.2 Å². The predicted octanol–water partition coefficient (Wildman–Crippen LogP) is 1.99. The third kappa shape index (κ3) is 3.51. The van der Waals surface area contributed by atoms with Crippen molar-refractivity contribution in [2.75, 3.05) is 32.7 Å². The first-order valence-corrected chi connectivity index (χ1v) is 9.53. The average molecular weight is 429 g/mol. The normalized spacial score (nSPS) is 16.0. The van der Waals surface area contributed by atoms with E-state index in [2.05, 4.69) is 36.3 Å². The Bertz CT molecular complexity index is 1110. The minimum absolute atomic E-state index is 0.538. The Labute approximate surface area is 165 Å². The van der Waals surface area contributed by atoms with Crippen molar-refractivity contribution in [3.63, 3.8) is 0 Å². The molecule has 3 N–H and O–H groups in total. The zero-order valence-corrected chi connectivity index (χ0v) is 16.7. The quantitative estimate of drug-likeness (QED) is 0.414. The highest BCUT2D eigenvalue weighted by Gasteiger charge is 2.24. The van der Waals surface area contributed by atoms with E-state index in [9.17, 15) is 5.11 Å². The summed E-state index contributed by atoms with van der Waals surface area (Å²) in [5.74, 6) is 0. The maximum Gasteiger partial charge on any atom is 0.174 e. The number of likely N-dealkylation sites (N-methyl/N-ethyl adjacent to an activating group) is 1. The lowest BCUT2D eigenvalue weighted by Crippen LogP contribution is -2.24. The highest BCUT2D eigenvalue weighted by atomic mass is 79.9. The van der Waals surface area contributed by atoms with Crippen molar-refractivity contribution in [2.45, 2.75) is 6.23 Å². The molecular weight excluding hydrogens is 408 g/mol. The van der Waals surface area contributed by atoms with E-state index >= 15 is 0 Å². The fraction of sp³-hybridized carbons (Fsp3) is 0.250. The molecule has 0 saturated carbocycles. The molecule has 0 spiro atoms. The first-order valence-electron chi connectivity index (χ1n) is 8.74. The number of aromatic nitrogens is 1. The van der Waals surface area contributed by atoms with Gasteiger partial charge in [-0.05, 0) is 38.4 Å². The largest absolute Gasteiger partial charge is 0.368 e. The van der Waals surface area contributed by atoms with E-state index in [1.54, 1.807) is 0 Å². The van der Waals surface area contributed by atoms with Crippen LogP contribution in [0.2, 0.25) is 0 Å². The van der Waals surface area contributed by atoms with Crippen LogP contribution in [0.15, 0.2) is 51.9 Å². The lowest BCUT2D eigenvalue weighted by molar-refractivity contribution is 0.168. The molecule has 0 radical (unpaired) electrons. The molecule has 0 fully saturated rings. The van der Waals surface area contributed by atoms with E-state index in [1.807, 2.05) is 56.6 Å². The Kier molecular flexibility index (Phi) is 5.01. The SMILES string of the molecule is CN(C)CCONc1c(C2=c3cc(Br)ccc3=NC2O)[nH]c2ccccc12. The molecule has 0 amide bonds. The number of aromatic amines is 1. The molecule has 2 heterocycles. The smallest absolute Gasteiger partial charge is 0.174 e. The second-order valence-corrected chi connectivity index (χ2v) is 7.67. The van der Waals surface area contributed by atoms with Crippen LogP contribution in [0.25, 0.3) is 16.5 Å². The van der Waals surface area contributed by atoms with Gasteiger partial charge < -0.3 is 15.0 Å². The van der Waals surface area contributed by atoms with Crippen molar-refractivity contribution in [2.24, 2.45) is 4.99 Å². The summed E-state index contributed by atoms with van der Waals surface area (Å²) in [6, 6.07) is 13.8. The molecule has 0 saturated heterocycles. The molecule has 1 atom stereocenters. The van der Waals surface area contributed by atoms with Crippen LogP contribution in [-0.4, -0.2) is 48.5 Å². The van der Waals surface area contributed by atoms with Gasteiger partial charge in [0.2, 0.25) is 0 Å². The number of fused-ring (bicyclic) bond motifs is 2. The van der Waals surface area contributed by atoms with E-state index in [4.69, 9.17) is 4.84 Å². The fourth-order valence-corrected chi connectivity index (χ4v) is 3.60. The van der Waals surface area contributed by atoms with Crippen LogP contribution in [0.4, 0.5) is 5.69 Å². The van der Waals surface area contributed by atoms with Gasteiger partial charge in [-0.2, -0.15) is 0 Å². The zero-order chi connectivity index (χ0) is 19.0. The van der Waals surface area contributed by atoms with Crippen molar-refractivity contribution in [1.29, 1.82) is 0 Å². The second kappa shape index (κ2) is 7.44. The summed E-state index contributed by atoms with van der Waals surface area (Å²) in [6.07, 6.45) is -0.926. The number of nitrogens with zero attached hydrogens (tertiary/aromatic N) is 2. The Morgan fingerprint density at radius 1 is 1.26 bits per heavy atom. The number of H-pyrrole nitrogens is 1. The first-order chi connectivity index (χ1) is 13.0. The fourth-order valence-electron chi connectivity index (χ4n) is 3.24. The van der Waals surface area contributed by atoms with Gasteiger partial charge in [-0.1, -0.05) is 34.1 Å². The lowest BCUT2D eigenvalue weighted by Gasteiger charge is -2.13. The van der Waals surface area contributed by atoms with Gasteiger partial charge in [0.15, 0.2) is 6.23 Å². The van der Waals surface area contributed by atoms with E-state index < -0.39 is 6.23 Å².